The molecule has 2 amide bonds. The molecule has 0 aliphatic heterocycles. The van der Waals surface area contributed by atoms with Gasteiger partial charge in [-0.15, -0.1) is 0 Å². The van der Waals surface area contributed by atoms with E-state index in [-0.39, 0.29) is 11.8 Å². The lowest BCUT2D eigenvalue weighted by atomic mass is 10.0. The summed E-state index contributed by atoms with van der Waals surface area (Å²) >= 11 is 0. The first-order valence-electron chi connectivity index (χ1n) is 9.78. The number of carbonyl (C=O) groups excluding carboxylic acids is 2. The van der Waals surface area contributed by atoms with Gasteiger partial charge in [-0.3, -0.25) is 14.7 Å². The Hall–Kier alpha value is -3.09. The molecule has 4 rings (SSSR count). The average Bonchev–Trinajstić information content (AvgIpc) is 3.42. The highest BCUT2D eigenvalue weighted by atomic mass is 16.2. The van der Waals surface area contributed by atoms with Crippen LogP contribution in [0.25, 0.3) is 10.9 Å². The summed E-state index contributed by atoms with van der Waals surface area (Å²) in [5, 5.41) is 13.9. The molecule has 1 saturated carbocycles. The molecule has 1 fully saturated rings. The Balaban J connectivity index is 1.49. The number of para-hydroxylation sites is 1. The Morgan fingerprint density at radius 2 is 2.04 bits per heavy atom. The second-order valence-corrected chi connectivity index (χ2v) is 7.50. The molecule has 3 aromatic rings. The van der Waals surface area contributed by atoms with Crippen LogP contribution in [-0.2, 0) is 16.0 Å². The van der Waals surface area contributed by atoms with Gasteiger partial charge < -0.3 is 15.6 Å². The van der Waals surface area contributed by atoms with Crippen LogP contribution in [0.5, 0.6) is 0 Å². The van der Waals surface area contributed by atoms with Gasteiger partial charge in [0.1, 0.15) is 6.04 Å². The van der Waals surface area contributed by atoms with Crippen LogP contribution in [0.3, 0.4) is 0 Å². The molecule has 146 valence electrons. The number of nitrogens with zero attached hydrogens (tertiary/aromatic N) is 1. The number of hydrogen-bond acceptors (Lipinski definition) is 3. The number of amides is 2. The van der Waals surface area contributed by atoms with E-state index in [0.717, 1.165) is 35.0 Å². The fraction of sp³-hybridized carbons (Fsp3) is 0.381. The molecule has 0 radical (unpaired) electrons. The van der Waals surface area contributed by atoms with Gasteiger partial charge in [0.2, 0.25) is 11.8 Å². The Morgan fingerprint density at radius 1 is 1.25 bits per heavy atom. The second-order valence-electron chi connectivity index (χ2n) is 7.50. The molecule has 1 atom stereocenters. The molecule has 28 heavy (non-hydrogen) atoms. The number of anilines is 1. The summed E-state index contributed by atoms with van der Waals surface area (Å²) in [6, 6.07) is 9.14. The van der Waals surface area contributed by atoms with Crippen molar-refractivity contribution in [3.63, 3.8) is 0 Å². The van der Waals surface area contributed by atoms with E-state index >= 15 is 0 Å². The summed E-state index contributed by atoms with van der Waals surface area (Å²) in [5.41, 5.74) is 3.06. The van der Waals surface area contributed by atoms with Gasteiger partial charge in [0.15, 0.2) is 5.82 Å². The lowest BCUT2D eigenvalue weighted by Gasteiger charge is -2.16. The van der Waals surface area contributed by atoms with Gasteiger partial charge in [-0.05, 0) is 24.5 Å². The highest BCUT2D eigenvalue weighted by molar-refractivity contribution is 5.97. The molecule has 7 nitrogen and oxygen atoms in total. The molecule has 2 aromatic heterocycles. The standard InChI is InChI=1S/C21H25N5O2/c1-13(27)23-19(10-15-12-22-17-9-5-4-8-16(15)17)21(28)24-20-11-18(25-26-20)14-6-2-3-7-14/h4-5,8-9,11-12,14,19,22H,2-3,6-7,10H2,1H3,(H,23,27)(H2,24,25,26,28). The lowest BCUT2D eigenvalue weighted by Crippen LogP contribution is -2.44. The number of fused-ring (bicyclic) bond motifs is 1. The van der Waals surface area contributed by atoms with Crippen LogP contribution >= 0.6 is 0 Å². The number of rotatable bonds is 6. The van der Waals surface area contributed by atoms with Crippen LogP contribution in [-0.4, -0.2) is 33.0 Å². The smallest absolute Gasteiger partial charge is 0.248 e. The normalized spacial score (nSPS) is 15.6. The van der Waals surface area contributed by atoms with Crippen molar-refractivity contribution < 1.29 is 9.59 Å². The summed E-state index contributed by atoms with van der Waals surface area (Å²) in [6.45, 7) is 1.42. The second kappa shape index (κ2) is 7.88. The summed E-state index contributed by atoms with van der Waals surface area (Å²) < 4.78 is 0. The highest BCUT2D eigenvalue weighted by Gasteiger charge is 2.24. The predicted molar refractivity (Wildman–Crippen MR) is 108 cm³/mol. The van der Waals surface area contributed by atoms with Gasteiger partial charge >= 0.3 is 0 Å². The Labute approximate surface area is 163 Å². The van der Waals surface area contributed by atoms with Gasteiger partial charge in [-0.25, -0.2) is 0 Å². The fourth-order valence-electron chi connectivity index (χ4n) is 4.03. The third-order valence-electron chi connectivity index (χ3n) is 5.44. The number of benzene rings is 1. The molecule has 4 N–H and O–H groups in total. The van der Waals surface area contributed by atoms with Crippen LogP contribution in [0.2, 0.25) is 0 Å². The van der Waals surface area contributed by atoms with Crippen LogP contribution in [0, 0.1) is 0 Å². The van der Waals surface area contributed by atoms with Crippen molar-refractivity contribution in [2.24, 2.45) is 0 Å². The van der Waals surface area contributed by atoms with Crippen molar-refractivity contribution in [1.29, 1.82) is 0 Å². The number of aromatic amines is 2. The minimum absolute atomic E-state index is 0.242. The molecule has 1 aliphatic carbocycles. The third kappa shape index (κ3) is 3.93. The van der Waals surface area contributed by atoms with E-state index in [9.17, 15) is 9.59 Å². The average molecular weight is 379 g/mol. The van der Waals surface area contributed by atoms with Crippen molar-refractivity contribution in [1.82, 2.24) is 20.5 Å². The summed E-state index contributed by atoms with van der Waals surface area (Å²) in [6.07, 6.45) is 7.07. The van der Waals surface area contributed by atoms with Gasteiger partial charge in [-0.2, -0.15) is 5.10 Å². The van der Waals surface area contributed by atoms with Crippen LogP contribution in [0.15, 0.2) is 36.5 Å². The van der Waals surface area contributed by atoms with E-state index in [1.807, 2.05) is 36.5 Å². The molecule has 0 spiro atoms. The molecule has 1 aliphatic rings. The summed E-state index contributed by atoms with van der Waals surface area (Å²) in [7, 11) is 0. The first-order valence-corrected chi connectivity index (χ1v) is 9.78. The maximum absolute atomic E-state index is 12.9. The zero-order valence-electron chi connectivity index (χ0n) is 15.9. The molecule has 7 heteroatoms. The van der Waals surface area contributed by atoms with E-state index in [4.69, 9.17) is 0 Å². The minimum atomic E-state index is -0.677. The largest absolute Gasteiger partial charge is 0.361 e. The van der Waals surface area contributed by atoms with E-state index in [0.29, 0.717) is 18.2 Å². The Bertz CT molecular complexity index is 984. The first-order chi connectivity index (χ1) is 13.6. The van der Waals surface area contributed by atoms with Gasteiger partial charge in [0, 0.05) is 48.1 Å². The van der Waals surface area contributed by atoms with E-state index in [2.05, 4.69) is 25.8 Å². The molecule has 1 unspecified atom stereocenters. The molecule has 1 aromatic carbocycles. The molecule has 2 heterocycles. The molecular formula is C21H25N5O2. The number of aromatic nitrogens is 3. The van der Waals surface area contributed by atoms with Crippen LogP contribution in [0.1, 0.15) is 49.8 Å². The van der Waals surface area contributed by atoms with Gasteiger partial charge in [0.25, 0.3) is 0 Å². The van der Waals surface area contributed by atoms with Crippen molar-refractivity contribution in [2.75, 3.05) is 5.32 Å². The Kier molecular flexibility index (Phi) is 5.14. The van der Waals surface area contributed by atoms with Crippen molar-refractivity contribution in [3.05, 3.63) is 47.8 Å². The highest BCUT2D eigenvalue weighted by Crippen LogP contribution is 2.33. The van der Waals surface area contributed by atoms with Crippen LogP contribution in [0.4, 0.5) is 5.82 Å². The zero-order chi connectivity index (χ0) is 19.5. The SMILES string of the molecule is CC(=O)NC(Cc1c[nH]c2ccccc12)C(=O)Nc1cc(C2CCCC2)[nH]n1. The van der Waals surface area contributed by atoms with Crippen molar-refractivity contribution in [3.8, 4) is 0 Å². The van der Waals surface area contributed by atoms with E-state index in [1.54, 1.807) is 0 Å². The van der Waals surface area contributed by atoms with E-state index < -0.39 is 6.04 Å². The summed E-state index contributed by atoms with van der Waals surface area (Å²) in [5.74, 6) is 0.482. The topological polar surface area (TPSA) is 103 Å². The quantitative estimate of drug-likeness (QED) is 0.529. The number of hydrogen-bond donors (Lipinski definition) is 4. The summed E-state index contributed by atoms with van der Waals surface area (Å²) in [4.78, 5) is 27.7. The number of carbonyl (C=O) groups is 2. The number of nitrogens with one attached hydrogen (secondary N) is 4. The minimum Gasteiger partial charge on any atom is -0.361 e. The Morgan fingerprint density at radius 3 is 2.82 bits per heavy atom. The molecule has 0 bridgehead atoms. The molecule has 0 saturated heterocycles. The van der Waals surface area contributed by atoms with E-state index in [1.165, 1.54) is 19.8 Å². The van der Waals surface area contributed by atoms with Gasteiger partial charge in [-0.1, -0.05) is 31.0 Å². The molecular weight excluding hydrogens is 354 g/mol. The van der Waals surface area contributed by atoms with Crippen molar-refractivity contribution >= 4 is 28.5 Å². The maximum Gasteiger partial charge on any atom is 0.248 e. The predicted octanol–water partition coefficient (Wildman–Crippen LogP) is 3.23. The lowest BCUT2D eigenvalue weighted by molar-refractivity contribution is -0.125. The van der Waals surface area contributed by atoms with Gasteiger partial charge in [0.05, 0.1) is 0 Å². The fourth-order valence-corrected chi connectivity index (χ4v) is 4.03. The van der Waals surface area contributed by atoms with Crippen molar-refractivity contribution in [2.45, 2.75) is 51.0 Å². The van der Waals surface area contributed by atoms with Crippen LogP contribution < -0.4 is 10.6 Å². The third-order valence-corrected chi connectivity index (χ3v) is 5.44. The maximum atomic E-state index is 12.9. The zero-order valence-corrected chi connectivity index (χ0v) is 15.9. The number of H-pyrrole nitrogens is 2. The monoisotopic (exact) mass is 379 g/mol. The first kappa shape index (κ1) is 18.3.